The molecule has 0 bridgehead atoms. The second-order valence-electron chi connectivity index (χ2n) is 4.55. The molecule has 2 rings (SSSR count). The van der Waals surface area contributed by atoms with E-state index in [0.717, 1.165) is 16.1 Å². The van der Waals surface area contributed by atoms with Crippen LogP contribution in [0.25, 0.3) is 0 Å². The summed E-state index contributed by atoms with van der Waals surface area (Å²) < 4.78 is 0. The highest BCUT2D eigenvalue weighted by molar-refractivity contribution is 5.93. The first-order valence-electron chi connectivity index (χ1n) is 6.30. The van der Waals surface area contributed by atoms with Gasteiger partial charge in [-0.2, -0.15) is 0 Å². The van der Waals surface area contributed by atoms with Crippen molar-refractivity contribution in [3.63, 3.8) is 0 Å². The molecule has 7 nitrogen and oxygen atoms in total. The van der Waals surface area contributed by atoms with Crippen molar-refractivity contribution in [2.24, 2.45) is 5.84 Å². The molecule has 2 aromatic rings. The second kappa shape index (κ2) is 6.10. The number of hydrazine groups is 1. The van der Waals surface area contributed by atoms with Gasteiger partial charge in [-0.15, -0.1) is 0 Å². The number of urea groups is 1. The molecule has 7 heteroatoms. The lowest BCUT2D eigenvalue weighted by molar-refractivity contribution is 0.246. The Balaban J connectivity index is 2.06. The Labute approximate surface area is 122 Å². The van der Waals surface area contributed by atoms with Crippen molar-refractivity contribution in [1.29, 1.82) is 0 Å². The van der Waals surface area contributed by atoms with E-state index in [2.05, 4.69) is 10.3 Å². The maximum Gasteiger partial charge on any atom is 0.336 e. The molecule has 0 aliphatic carbocycles. The number of anilines is 2. The molecule has 0 spiro atoms. The molecule has 1 aromatic carbocycles. The molecule has 21 heavy (non-hydrogen) atoms. The molecule has 0 saturated heterocycles. The molecular formula is C14H17N5O2. The molecule has 0 atom stereocenters. The van der Waals surface area contributed by atoms with Crippen LogP contribution >= 0.6 is 0 Å². The van der Waals surface area contributed by atoms with Crippen LogP contribution in [0.3, 0.4) is 0 Å². The number of hydrogen-bond donors (Lipinski definition) is 4. The van der Waals surface area contributed by atoms with Gasteiger partial charge in [-0.1, -0.05) is 24.3 Å². The zero-order valence-corrected chi connectivity index (χ0v) is 11.6. The zero-order valence-electron chi connectivity index (χ0n) is 11.6. The molecule has 0 fully saturated rings. The number of nitrogens with zero attached hydrogens (tertiary/aromatic N) is 2. The molecule has 0 aliphatic heterocycles. The largest absolute Gasteiger partial charge is 0.506 e. The Morgan fingerprint density at radius 3 is 2.86 bits per heavy atom. The van der Waals surface area contributed by atoms with Gasteiger partial charge < -0.3 is 16.2 Å². The van der Waals surface area contributed by atoms with Gasteiger partial charge in [-0.05, 0) is 18.1 Å². The summed E-state index contributed by atoms with van der Waals surface area (Å²) in [5.41, 5.74) is 7.83. The zero-order chi connectivity index (χ0) is 15.4. The van der Waals surface area contributed by atoms with Crippen molar-refractivity contribution >= 4 is 17.5 Å². The van der Waals surface area contributed by atoms with Crippen molar-refractivity contribution in [3.05, 3.63) is 47.7 Å². The Kier molecular flexibility index (Phi) is 4.24. The third-order valence-corrected chi connectivity index (χ3v) is 3.05. The van der Waals surface area contributed by atoms with Crippen LogP contribution in [0.15, 0.2) is 36.5 Å². The van der Waals surface area contributed by atoms with Crippen molar-refractivity contribution in [3.8, 4) is 5.75 Å². The highest BCUT2D eigenvalue weighted by Gasteiger charge is 2.15. The normalized spacial score (nSPS) is 10.2. The number of amides is 2. The van der Waals surface area contributed by atoms with Crippen LogP contribution in [-0.4, -0.2) is 16.1 Å². The number of nitrogens with two attached hydrogens (primary N) is 2. The summed E-state index contributed by atoms with van der Waals surface area (Å²) in [5.74, 6) is 5.63. The Hall–Kier alpha value is -2.80. The number of pyridine rings is 1. The summed E-state index contributed by atoms with van der Waals surface area (Å²) >= 11 is 0. The predicted molar refractivity (Wildman–Crippen MR) is 80.4 cm³/mol. The van der Waals surface area contributed by atoms with E-state index in [-0.39, 0.29) is 17.3 Å². The second-order valence-corrected chi connectivity index (χ2v) is 4.55. The van der Waals surface area contributed by atoms with Gasteiger partial charge in [0.2, 0.25) is 0 Å². The van der Waals surface area contributed by atoms with Crippen molar-refractivity contribution in [2.45, 2.75) is 13.5 Å². The fraction of sp³-hybridized carbons (Fsp3) is 0.143. The fourth-order valence-corrected chi connectivity index (χ4v) is 1.82. The molecule has 1 heterocycles. The highest BCUT2D eigenvalue weighted by atomic mass is 16.3. The van der Waals surface area contributed by atoms with E-state index in [1.165, 1.54) is 12.3 Å². The van der Waals surface area contributed by atoms with E-state index in [9.17, 15) is 9.90 Å². The minimum Gasteiger partial charge on any atom is -0.506 e. The van der Waals surface area contributed by atoms with Gasteiger partial charge in [-0.25, -0.2) is 20.6 Å². The van der Waals surface area contributed by atoms with E-state index in [0.29, 0.717) is 6.54 Å². The first-order chi connectivity index (χ1) is 9.99. The summed E-state index contributed by atoms with van der Waals surface area (Å²) in [6.07, 6.45) is 1.18. The first-order valence-corrected chi connectivity index (χ1v) is 6.30. The average molecular weight is 287 g/mol. The monoisotopic (exact) mass is 287 g/mol. The molecule has 0 aliphatic rings. The van der Waals surface area contributed by atoms with Crippen LogP contribution < -0.4 is 21.9 Å². The van der Waals surface area contributed by atoms with Gasteiger partial charge in [0.05, 0.1) is 6.20 Å². The lowest BCUT2D eigenvalue weighted by Crippen LogP contribution is -2.45. The Morgan fingerprint density at radius 1 is 1.43 bits per heavy atom. The number of benzene rings is 1. The maximum atomic E-state index is 12.0. The molecule has 0 saturated carbocycles. The summed E-state index contributed by atoms with van der Waals surface area (Å²) in [4.78, 5) is 15.8. The quantitative estimate of drug-likeness (QED) is 0.385. The smallest absolute Gasteiger partial charge is 0.336 e. The Morgan fingerprint density at radius 2 is 2.14 bits per heavy atom. The molecule has 6 N–H and O–H groups in total. The van der Waals surface area contributed by atoms with Crippen molar-refractivity contribution in [2.75, 3.05) is 10.7 Å². The number of carbonyl (C=O) groups excluding carboxylic acids is 1. The number of nitrogens with one attached hydrogen (secondary N) is 1. The average Bonchev–Trinajstić information content (AvgIpc) is 2.48. The van der Waals surface area contributed by atoms with Gasteiger partial charge in [0, 0.05) is 12.6 Å². The topological polar surface area (TPSA) is 118 Å². The number of carbonyl (C=O) groups is 1. The predicted octanol–water partition coefficient (Wildman–Crippen LogP) is 1.27. The van der Waals surface area contributed by atoms with E-state index in [1.54, 1.807) is 0 Å². The fourth-order valence-electron chi connectivity index (χ4n) is 1.82. The molecule has 0 radical (unpaired) electrons. The molecular weight excluding hydrogens is 270 g/mol. The lowest BCUT2D eigenvalue weighted by Gasteiger charge is -2.19. The van der Waals surface area contributed by atoms with Crippen LogP contribution in [0.1, 0.15) is 11.1 Å². The number of aromatic hydroxyl groups is 1. The van der Waals surface area contributed by atoms with E-state index in [1.807, 2.05) is 31.2 Å². The van der Waals surface area contributed by atoms with E-state index in [4.69, 9.17) is 11.6 Å². The third kappa shape index (κ3) is 3.40. The minimum absolute atomic E-state index is 0.0568. The van der Waals surface area contributed by atoms with Crippen LogP contribution in [-0.2, 0) is 6.54 Å². The van der Waals surface area contributed by atoms with Gasteiger partial charge in [0.1, 0.15) is 17.3 Å². The minimum atomic E-state index is -0.544. The van der Waals surface area contributed by atoms with Crippen molar-refractivity contribution in [1.82, 2.24) is 10.3 Å². The van der Waals surface area contributed by atoms with Crippen molar-refractivity contribution < 1.29 is 9.90 Å². The van der Waals surface area contributed by atoms with Crippen LogP contribution in [0.2, 0.25) is 0 Å². The van der Waals surface area contributed by atoms with Gasteiger partial charge in [0.25, 0.3) is 0 Å². The van der Waals surface area contributed by atoms with E-state index < -0.39 is 6.03 Å². The summed E-state index contributed by atoms with van der Waals surface area (Å²) in [5, 5.41) is 12.9. The lowest BCUT2D eigenvalue weighted by atomic mass is 10.1. The van der Waals surface area contributed by atoms with Crippen LogP contribution in [0, 0.1) is 6.92 Å². The number of hydrogen-bond acceptors (Lipinski definition) is 5. The highest BCUT2D eigenvalue weighted by Crippen LogP contribution is 2.23. The SMILES string of the molecule is Cc1ccccc1CNC(=O)N(N)c1cc(O)cnc1N. The molecule has 2 amide bonds. The van der Waals surface area contributed by atoms with Gasteiger partial charge in [0.15, 0.2) is 0 Å². The maximum absolute atomic E-state index is 12.0. The Bertz CT molecular complexity index is 660. The number of rotatable bonds is 3. The molecule has 0 unspecified atom stereocenters. The number of aromatic nitrogens is 1. The van der Waals surface area contributed by atoms with E-state index >= 15 is 0 Å². The summed E-state index contributed by atoms with van der Waals surface area (Å²) in [6.45, 7) is 2.30. The first kappa shape index (κ1) is 14.6. The van der Waals surface area contributed by atoms with Gasteiger partial charge >= 0.3 is 6.03 Å². The summed E-state index contributed by atoms with van der Waals surface area (Å²) in [6, 6.07) is 8.42. The van der Waals surface area contributed by atoms with Gasteiger partial charge in [-0.3, -0.25) is 0 Å². The number of aryl methyl sites for hydroxylation is 1. The van der Waals surface area contributed by atoms with Crippen LogP contribution in [0.5, 0.6) is 5.75 Å². The molecule has 110 valence electrons. The standard InChI is InChI=1S/C14H17N5O2/c1-9-4-2-3-5-10(9)7-18-14(21)19(16)12-6-11(20)8-17-13(12)15/h2-6,8,20H,7,16H2,1H3,(H2,15,17)(H,18,21). The van der Waals surface area contributed by atoms with Crippen LogP contribution in [0.4, 0.5) is 16.3 Å². The number of nitrogen functional groups attached to an aromatic ring is 1. The third-order valence-electron chi connectivity index (χ3n) is 3.05. The summed E-state index contributed by atoms with van der Waals surface area (Å²) in [7, 11) is 0. The molecule has 1 aromatic heterocycles.